The van der Waals surface area contributed by atoms with Crippen molar-refractivity contribution in [3.05, 3.63) is 71.8 Å². The molecule has 3 aromatic heterocycles. The Morgan fingerprint density at radius 1 is 0.964 bits per heavy atom. The fraction of sp³-hybridized carbons (Fsp3) is 0.286. The van der Waals surface area contributed by atoms with Crippen molar-refractivity contribution >= 4 is 0 Å². The number of hydrogen-bond donors (Lipinski definition) is 0. The molecule has 0 spiro atoms. The lowest BCUT2D eigenvalue weighted by Gasteiger charge is -2.14. The van der Waals surface area contributed by atoms with Crippen molar-refractivity contribution in [3.63, 3.8) is 0 Å². The Morgan fingerprint density at radius 3 is 2.43 bits per heavy atom. The second-order valence-electron chi connectivity index (χ2n) is 7.02. The fourth-order valence-electron chi connectivity index (χ4n) is 3.31. The van der Waals surface area contributed by atoms with Gasteiger partial charge in [-0.2, -0.15) is 5.10 Å². The smallest absolute Gasteiger partial charge is 0.181 e. The van der Waals surface area contributed by atoms with Crippen LogP contribution in [0.15, 0.2) is 48.8 Å². The molecule has 1 aromatic carbocycles. The molecule has 0 N–H and O–H groups in total. The highest BCUT2D eigenvalue weighted by Crippen LogP contribution is 2.25. The number of benzene rings is 1. The van der Waals surface area contributed by atoms with Crippen LogP contribution in [0.2, 0.25) is 0 Å². The summed E-state index contributed by atoms with van der Waals surface area (Å²) < 4.78 is 3.86. The first-order valence-corrected chi connectivity index (χ1v) is 9.34. The predicted octanol–water partition coefficient (Wildman–Crippen LogP) is 3.65. The zero-order chi connectivity index (χ0) is 19.7. The first-order valence-electron chi connectivity index (χ1n) is 9.34. The lowest BCUT2D eigenvalue weighted by atomic mass is 10.1. The molecule has 0 amide bonds. The van der Waals surface area contributed by atoms with Gasteiger partial charge in [-0.05, 0) is 32.4 Å². The summed E-state index contributed by atoms with van der Waals surface area (Å²) in [6.45, 7) is 8.74. The predicted molar refractivity (Wildman–Crippen MR) is 107 cm³/mol. The molecular weight excluding hydrogens is 350 g/mol. The van der Waals surface area contributed by atoms with Crippen LogP contribution in [0.5, 0.6) is 0 Å². The van der Waals surface area contributed by atoms with Gasteiger partial charge in [-0.15, -0.1) is 5.10 Å². The molecule has 0 aliphatic rings. The molecule has 7 nitrogen and oxygen atoms in total. The SMILES string of the molecule is Cc1nc(C)n(C[C@@H](C)c2nc(-c3ccccc3)nn2-c2ccncc2C)n1. The van der Waals surface area contributed by atoms with Crippen molar-refractivity contribution in [2.45, 2.75) is 40.2 Å². The Labute approximate surface area is 164 Å². The molecule has 0 unspecified atom stereocenters. The first kappa shape index (κ1) is 18.0. The zero-order valence-corrected chi connectivity index (χ0v) is 16.5. The summed E-state index contributed by atoms with van der Waals surface area (Å²) in [4.78, 5) is 13.5. The minimum absolute atomic E-state index is 0.0947. The molecule has 0 fully saturated rings. The van der Waals surface area contributed by atoms with Crippen LogP contribution in [0.25, 0.3) is 17.1 Å². The van der Waals surface area contributed by atoms with E-state index in [-0.39, 0.29) is 5.92 Å². The second-order valence-corrected chi connectivity index (χ2v) is 7.02. The van der Waals surface area contributed by atoms with Gasteiger partial charge in [0.2, 0.25) is 0 Å². The molecule has 0 aliphatic carbocycles. The lowest BCUT2D eigenvalue weighted by Crippen LogP contribution is -2.15. The number of aryl methyl sites for hydroxylation is 3. The van der Waals surface area contributed by atoms with Crippen LogP contribution in [-0.4, -0.2) is 34.5 Å². The number of nitrogens with zero attached hydrogens (tertiary/aromatic N) is 7. The zero-order valence-electron chi connectivity index (χ0n) is 16.5. The Hall–Kier alpha value is -3.35. The van der Waals surface area contributed by atoms with E-state index in [1.807, 2.05) is 72.7 Å². The summed E-state index contributed by atoms with van der Waals surface area (Å²) in [6.07, 6.45) is 3.63. The summed E-state index contributed by atoms with van der Waals surface area (Å²) in [6, 6.07) is 12.0. The minimum Gasteiger partial charge on any atom is -0.264 e. The van der Waals surface area contributed by atoms with Gasteiger partial charge in [-0.1, -0.05) is 37.3 Å². The number of rotatable bonds is 5. The molecule has 28 heavy (non-hydrogen) atoms. The normalized spacial score (nSPS) is 12.3. The fourth-order valence-corrected chi connectivity index (χ4v) is 3.31. The van der Waals surface area contributed by atoms with Crippen molar-refractivity contribution in [3.8, 4) is 17.1 Å². The first-order chi connectivity index (χ1) is 13.5. The molecule has 0 saturated carbocycles. The molecule has 0 radical (unpaired) electrons. The van der Waals surface area contributed by atoms with Crippen LogP contribution in [0, 0.1) is 20.8 Å². The number of aromatic nitrogens is 7. The molecule has 3 heterocycles. The third-order valence-corrected chi connectivity index (χ3v) is 4.73. The van der Waals surface area contributed by atoms with Gasteiger partial charge < -0.3 is 0 Å². The average Bonchev–Trinajstić information content (AvgIpc) is 3.26. The Morgan fingerprint density at radius 2 is 1.75 bits per heavy atom. The highest BCUT2D eigenvalue weighted by molar-refractivity contribution is 5.55. The largest absolute Gasteiger partial charge is 0.264 e. The number of hydrogen-bond acceptors (Lipinski definition) is 5. The second kappa shape index (κ2) is 7.34. The monoisotopic (exact) mass is 373 g/mol. The maximum Gasteiger partial charge on any atom is 0.181 e. The molecule has 0 aliphatic heterocycles. The lowest BCUT2D eigenvalue weighted by molar-refractivity contribution is 0.502. The van der Waals surface area contributed by atoms with Gasteiger partial charge in [0.25, 0.3) is 0 Å². The van der Waals surface area contributed by atoms with E-state index in [0.717, 1.165) is 34.3 Å². The topological polar surface area (TPSA) is 74.3 Å². The van der Waals surface area contributed by atoms with Gasteiger partial charge in [-0.25, -0.2) is 19.3 Å². The maximum atomic E-state index is 4.90. The average molecular weight is 373 g/mol. The van der Waals surface area contributed by atoms with Crippen molar-refractivity contribution in [1.82, 2.24) is 34.5 Å². The van der Waals surface area contributed by atoms with Crippen LogP contribution in [0.3, 0.4) is 0 Å². The molecule has 4 aromatic rings. The standard InChI is InChI=1S/C21H23N7/c1-14-12-22-11-10-19(14)28-21(15(2)13-27-17(4)23-16(3)25-27)24-20(26-28)18-8-6-5-7-9-18/h5-12,15H,13H2,1-4H3/t15-/m1/s1. The van der Waals surface area contributed by atoms with Gasteiger partial charge in [0, 0.05) is 23.9 Å². The van der Waals surface area contributed by atoms with Crippen LogP contribution >= 0.6 is 0 Å². The third kappa shape index (κ3) is 3.43. The Bertz CT molecular complexity index is 1100. The summed E-state index contributed by atoms with van der Waals surface area (Å²) in [5.41, 5.74) is 3.03. The highest BCUT2D eigenvalue weighted by Gasteiger charge is 2.21. The van der Waals surface area contributed by atoms with E-state index in [1.165, 1.54) is 0 Å². The van der Waals surface area contributed by atoms with Crippen LogP contribution in [0.1, 0.15) is 35.9 Å². The molecule has 4 rings (SSSR count). The van der Waals surface area contributed by atoms with E-state index >= 15 is 0 Å². The van der Waals surface area contributed by atoms with Crippen LogP contribution < -0.4 is 0 Å². The van der Waals surface area contributed by atoms with E-state index in [4.69, 9.17) is 10.1 Å². The third-order valence-electron chi connectivity index (χ3n) is 4.73. The van der Waals surface area contributed by atoms with Gasteiger partial charge in [0.15, 0.2) is 5.82 Å². The van der Waals surface area contributed by atoms with E-state index in [0.29, 0.717) is 12.4 Å². The highest BCUT2D eigenvalue weighted by atomic mass is 15.4. The summed E-state index contributed by atoms with van der Waals surface area (Å²) in [7, 11) is 0. The minimum atomic E-state index is 0.0947. The van der Waals surface area contributed by atoms with Gasteiger partial charge in [0.1, 0.15) is 17.5 Å². The Balaban J connectivity index is 1.79. The quantitative estimate of drug-likeness (QED) is 0.534. The van der Waals surface area contributed by atoms with E-state index in [1.54, 1.807) is 6.20 Å². The van der Waals surface area contributed by atoms with Crippen molar-refractivity contribution in [2.24, 2.45) is 0 Å². The van der Waals surface area contributed by atoms with Crippen LogP contribution in [0.4, 0.5) is 0 Å². The molecule has 0 bridgehead atoms. The van der Waals surface area contributed by atoms with Crippen molar-refractivity contribution < 1.29 is 0 Å². The van der Waals surface area contributed by atoms with E-state index in [2.05, 4.69) is 22.0 Å². The molecule has 1 atom stereocenters. The van der Waals surface area contributed by atoms with Crippen molar-refractivity contribution in [1.29, 1.82) is 0 Å². The molecule has 7 heteroatoms. The molecule has 0 saturated heterocycles. The number of pyridine rings is 1. The molecular formula is C21H23N7. The van der Waals surface area contributed by atoms with E-state index in [9.17, 15) is 0 Å². The van der Waals surface area contributed by atoms with Gasteiger partial charge in [-0.3, -0.25) is 4.98 Å². The van der Waals surface area contributed by atoms with Gasteiger partial charge in [0.05, 0.1) is 12.2 Å². The van der Waals surface area contributed by atoms with Gasteiger partial charge >= 0.3 is 0 Å². The van der Waals surface area contributed by atoms with Crippen LogP contribution in [-0.2, 0) is 6.54 Å². The molecule has 142 valence electrons. The summed E-state index contributed by atoms with van der Waals surface area (Å²) >= 11 is 0. The van der Waals surface area contributed by atoms with Crippen molar-refractivity contribution in [2.75, 3.05) is 0 Å². The summed E-state index contributed by atoms with van der Waals surface area (Å²) in [5, 5.41) is 9.33. The Kier molecular flexibility index (Phi) is 4.73. The van der Waals surface area contributed by atoms with E-state index < -0.39 is 0 Å². The summed E-state index contributed by atoms with van der Waals surface area (Å²) in [5.74, 6) is 3.38. The maximum absolute atomic E-state index is 4.90.